The topological polar surface area (TPSA) is 58.2 Å². The van der Waals surface area contributed by atoms with Gasteiger partial charge in [-0.3, -0.25) is 9.59 Å². The van der Waals surface area contributed by atoms with E-state index < -0.39 is 6.04 Å². The molecule has 0 spiro atoms. The molecule has 2 aromatic rings. The first-order chi connectivity index (χ1) is 13.0. The number of amides is 2. The third kappa shape index (κ3) is 5.09. The summed E-state index contributed by atoms with van der Waals surface area (Å²) in [6, 6.07) is 13.8. The van der Waals surface area contributed by atoms with Crippen LogP contribution in [0.5, 0.6) is 0 Å². The second-order valence-corrected chi connectivity index (χ2v) is 7.95. The summed E-state index contributed by atoms with van der Waals surface area (Å²) in [6.07, 6.45) is 5.96. The quantitative estimate of drug-likeness (QED) is 0.813. The minimum atomic E-state index is -0.491. The van der Waals surface area contributed by atoms with E-state index in [1.54, 1.807) is 0 Å². The summed E-state index contributed by atoms with van der Waals surface area (Å²) in [7, 11) is 0. The fourth-order valence-electron chi connectivity index (χ4n) is 3.92. The highest BCUT2D eigenvalue weighted by atomic mass is 16.2. The van der Waals surface area contributed by atoms with Crippen LogP contribution in [-0.2, 0) is 16.0 Å². The van der Waals surface area contributed by atoms with Gasteiger partial charge in [-0.1, -0.05) is 75.6 Å². The van der Waals surface area contributed by atoms with E-state index in [0.29, 0.717) is 0 Å². The molecule has 3 rings (SSSR count). The van der Waals surface area contributed by atoms with Gasteiger partial charge in [0.15, 0.2) is 0 Å². The zero-order chi connectivity index (χ0) is 19.2. The first kappa shape index (κ1) is 19.4. The van der Waals surface area contributed by atoms with E-state index in [4.69, 9.17) is 0 Å². The van der Waals surface area contributed by atoms with Crippen LogP contribution in [0.2, 0.25) is 0 Å². The third-order valence-electron chi connectivity index (χ3n) is 5.45. The lowest BCUT2D eigenvalue weighted by Gasteiger charge is -2.27. The Kier molecular flexibility index (Phi) is 6.49. The maximum absolute atomic E-state index is 12.7. The van der Waals surface area contributed by atoms with E-state index in [1.165, 1.54) is 19.3 Å². The van der Waals surface area contributed by atoms with Crippen molar-refractivity contribution in [3.8, 4) is 0 Å². The normalized spacial score (nSPS) is 16.3. The Morgan fingerprint density at radius 3 is 2.44 bits per heavy atom. The number of nitrogens with one attached hydrogen (secondary N) is 2. The summed E-state index contributed by atoms with van der Waals surface area (Å²) in [5.41, 5.74) is 0.987. The third-order valence-corrected chi connectivity index (χ3v) is 5.45. The average Bonchev–Trinajstić information content (AvgIpc) is 2.67. The molecule has 1 aliphatic carbocycles. The molecule has 0 unspecified atom stereocenters. The molecule has 0 heterocycles. The predicted octanol–water partition coefficient (Wildman–Crippen LogP) is 3.97. The van der Waals surface area contributed by atoms with Crippen molar-refractivity contribution in [2.45, 2.75) is 64.5 Å². The Morgan fingerprint density at radius 2 is 1.70 bits per heavy atom. The summed E-state index contributed by atoms with van der Waals surface area (Å²) in [4.78, 5) is 25.4. The first-order valence-corrected chi connectivity index (χ1v) is 10.1. The van der Waals surface area contributed by atoms with Gasteiger partial charge in [-0.2, -0.15) is 0 Å². The standard InChI is InChI=1S/C23H30N2O2/c1-16(2)22(23(27)24-19-12-4-3-5-13-19)25-21(26)15-18-11-8-10-17-9-6-7-14-20(17)18/h6-11,14,16,19,22H,3-5,12-13,15H2,1-2H3,(H,24,27)(H,25,26)/t22-/m0/s1. The van der Waals surface area contributed by atoms with Gasteiger partial charge < -0.3 is 10.6 Å². The Balaban J connectivity index is 1.65. The Hall–Kier alpha value is -2.36. The second-order valence-electron chi connectivity index (χ2n) is 7.95. The van der Waals surface area contributed by atoms with E-state index in [9.17, 15) is 9.59 Å². The molecule has 0 aromatic heterocycles. The average molecular weight is 367 g/mol. The molecular weight excluding hydrogens is 336 g/mol. The van der Waals surface area contributed by atoms with Gasteiger partial charge in [0.25, 0.3) is 0 Å². The van der Waals surface area contributed by atoms with Crippen LogP contribution >= 0.6 is 0 Å². The molecular formula is C23H30N2O2. The SMILES string of the molecule is CC(C)[C@H](NC(=O)Cc1cccc2ccccc12)C(=O)NC1CCCCC1. The molecule has 0 bridgehead atoms. The lowest BCUT2D eigenvalue weighted by molar-refractivity contribution is -0.130. The molecule has 2 amide bonds. The minimum absolute atomic E-state index is 0.0464. The smallest absolute Gasteiger partial charge is 0.243 e. The molecule has 144 valence electrons. The van der Waals surface area contributed by atoms with Gasteiger partial charge in [0.2, 0.25) is 11.8 Å². The number of hydrogen-bond donors (Lipinski definition) is 2. The van der Waals surface area contributed by atoms with Crippen molar-refractivity contribution in [3.63, 3.8) is 0 Å². The highest BCUT2D eigenvalue weighted by Crippen LogP contribution is 2.20. The molecule has 0 aliphatic heterocycles. The number of fused-ring (bicyclic) bond motifs is 1. The van der Waals surface area contributed by atoms with Crippen molar-refractivity contribution in [2.75, 3.05) is 0 Å². The zero-order valence-corrected chi connectivity index (χ0v) is 16.3. The van der Waals surface area contributed by atoms with Crippen molar-refractivity contribution >= 4 is 22.6 Å². The summed E-state index contributed by atoms with van der Waals surface area (Å²) in [5, 5.41) is 8.32. The van der Waals surface area contributed by atoms with Crippen LogP contribution in [0.4, 0.5) is 0 Å². The van der Waals surface area contributed by atoms with Gasteiger partial charge >= 0.3 is 0 Å². The second kappa shape index (κ2) is 9.03. The van der Waals surface area contributed by atoms with E-state index in [2.05, 4.69) is 10.6 Å². The van der Waals surface area contributed by atoms with Crippen molar-refractivity contribution < 1.29 is 9.59 Å². The van der Waals surface area contributed by atoms with Crippen LogP contribution in [0.15, 0.2) is 42.5 Å². The monoisotopic (exact) mass is 366 g/mol. The fraction of sp³-hybridized carbons (Fsp3) is 0.478. The minimum Gasteiger partial charge on any atom is -0.352 e. The van der Waals surface area contributed by atoms with E-state index in [0.717, 1.165) is 29.2 Å². The van der Waals surface area contributed by atoms with E-state index in [-0.39, 0.29) is 30.2 Å². The molecule has 2 aromatic carbocycles. The number of benzene rings is 2. The molecule has 2 N–H and O–H groups in total. The van der Waals surface area contributed by atoms with E-state index >= 15 is 0 Å². The van der Waals surface area contributed by atoms with Crippen LogP contribution in [0.3, 0.4) is 0 Å². The Bertz CT molecular complexity index is 789. The number of carbonyl (C=O) groups excluding carboxylic acids is 2. The summed E-state index contributed by atoms with van der Waals surface area (Å²) in [5.74, 6) is -0.114. The maximum Gasteiger partial charge on any atom is 0.243 e. The van der Waals surface area contributed by atoms with Crippen LogP contribution < -0.4 is 10.6 Å². The molecule has 1 aliphatic rings. The summed E-state index contributed by atoms with van der Waals surface area (Å²) in [6.45, 7) is 3.95. The van der Waals surface area contributed by atoms with Crippen LogP contribution in [-0.4, -0.2) is 23.9 Å². The first-order valence-electron chi connectivity index (χ1n) is 10.1. The molecule has 1 atom stereocenters. The highest BCUT2D eigenvalue weighted by Gasteiger charge is 2.26. The summed E-state index contributed by atoms with van der Waals surface area (Å²) < 4.78 is 0. The lowest BCUT2D eigenvalue weighted by atomic mass is 9.94. The van der Waals surface area contributed by atoms with Crippen molar-refractivity contribution in [2.24, 2.45) is 5.92 Å². The Morgan fingerprint density at radius 1 is 1.00 bits per heavy atom. The van der Waals surface area contributed by atoms with Crippen LogP contribution in [0, 0.1) is 5.92 Å². The zero-order valence-electron chi connectivity index (χ0n) is 16.3. The molecule has 4 heteroatoms. The Labute approximate surface area is 161 Å². The predicted molar refractivity (Wildman–Crippen MR) is 109 cm³/mol. The molecule has 1 fully saturated rings. The highest BCUT2D eigenvalue weighted by molar-refractivity contribution is 5.92. The molecule has 27 heavy (non-hydrogen) atoms. The number of carbonyl (C=O) groups is 2. The van der Waals surface area contributed by atoms with Gasteiger partial charge in [-0.15, -0.1) is 0 Å². The fourth-order valence-corrected chi connectivity index (χ4v) is 3.92. The van der Waals surface area contributed by atoms with Gasteiger partial charge in [-0.25, -0.2) is 0 Å². The maximum atomic E-state index is 12.7. The van der Waals surface area contributed by atoms with Crippen molar-refractivity contribution in [1.29, 1.82) is 0 Å². The van der Waals surface area contributed by atoms with Gasteiger partial charge in [0, 0.05) is 6.04 Å². The van der Waals surface area contributed by atoms with Crippen LogP contribution in [0.25, 0.3) is 10.8 Å². The lowest BCUT2D eigenvalue weighted by Crippen LogP contribution is -2.52. The van der Waals surface area contributed by atoms with Gasteiger partial charge in [0.05, 0.1) is 6.42 Å². The van der Waals surface area contributed by atoms with Gasteiger partial charge in [0.1, 0.15) is 6.04 Å². The molecule has 4 nitrogen and oxygen atoms in total. The van der Waals surface area contributed by atoms with Crippen molar-refractivity contribution in [1.82, 2.24) is 10.6 Å². The molecule has 0 saturated heterocycles. The van der Waals surface area contributed by atoms with Crippen molar-refractivity contribution in [3.05, 3.63) is 48.0 Å². The van der Waals surface area contributed by atoms with Gasteiger partial charge in [-0.05, 0) is 35.1 Å². The summed E-state index contributed by atoms with van der Waals surface area (Å²) >= 11 is 0. The van der Waals surface area contributed by atoms with E-state index in [1.807, 2.05) is 56.3 Å². The number of hydrogen-bond acceptors (Lipinski definition) is 2. The largest absolute Gasteiger partial charge is 0.352 e. The van der Waals surface area contributed by atoms with Crippen LogP contribution in [0.1, 0.15) is 51.5 Å². The molecule has 0 radical (unpaired) electrons. The molecule has 1 saturated carbocycles. The number of rotatable bonds is 6.